The fourth-order valence-corrected chi connectivity index (χ4v) is 3.92. The topological polar surface area (TPSA) is 86.1 Å². The van der Waals surface area contributed by atoms with Gasteiger partial charge in [-0.2, -0.15) is 0 Å². The molecule has 0 saturated heterocycles. The highest BCUT2D eigenvalue weighted by atomic mass is 35.5. The highest BCUT2D eigenvalue weighted by Gasteiger charge is 2.22. The number of ether oxygens (including phenoxy) is 1. The van der Waals surface area contributed by atoms with Crippen LogP contribution in [0.2, 0.25) is 5.02 Å². The number of nitrogens with zero attached hydrogens (tertiary/aromatic N) is 3. The number of amides is 1. The Bertz CT molecular complexity index is 1070. The lowest BCUT2D eigenvalue weighted by Crippen LogP contribution is -2.30. The molecule has 1 N–H and O–H groups in total. The molecule has 9 heteroatoms. The Balaban J connectivity index is 1.91. The van der Waals surface area contributed by atoms with Gasteiger partial charge >= 0.3 is 0 Å². The smallest absolute Gasteiger partial charge is 0.262 e. The first-order chi connectivity index (χ1) is 13.9. The van der Waals surface area contributed by atoms with Gasteiger partial charge in [0.1, 0.15) is 5.82 Å². The zero-order valence-electron chi connectivity index (χ0n) is 16.3. The molecule has 0 radical (unpaired) electrons. The van der Waals surface area contributed by atoms with Gasteiger partial charge in [0.25, 0.3) is 5.56 Å². The summed E-state index contributed by atoms with van der Waals surface area (Å²) in [4.78, 5) is 34.4. The largest absolute Gasteiger partial charge is 0.383 e. The first-order valence-electron chi connectivity index (χ1n) is 9.00. The van der Waals surface area contributed by atoms with E-state index in [1.165, 1.54) is 18.0 Å². The van der Waals surface area contributed by atoms with Crippen molar-refractivity contribution in [2.75, 3.05) is 19.0 Å². The van der Waals surface area contributed by atoms with Crippen LogP contribution in [0.1, 0.15) is 19.9 Å². The minimum atomic E-state index is -0.512. The van der Waals surface area contributed by atoms with Gasteiger partial charge in [0.15, 0.2) is 5.16 Å². The number of nitrogens with one attached hydrogen (secondary N) is 1. The van der Waals surface area contributed by atoms with Crippen molar-refractivity contribution in [2.24, 2.45) is 0 Å². The van der Waals surface area contributed by atoms with Crippen molar-refractivity contribution in [2.45, 2.75) is 30.3 Å². The van der Waals surface area contributed by atoms with Gasteiger partial charge in [-0.25, -0.2) is 9.97 Å². The number of carbonyl (C=O) groups is 1. The van der Waals surface area contributed by atoms with Gasteiger partial charge in [0, 0.05) is 13.3 Å². The number of pyridine rings is 1. The molecular weight excluding hydrogens is 412 g/mol. The molecule has 1 aromatic carbocycles. The van der Waals surface area contributed by atoms with E-state index in [9.17, 15) is 9.59 Å². The first-order valence-corrected chi connectivity index (χ1v) is 10.3. The van der Waals surface area contributed by atoms with Crippen LogP contribution in [-0.2, 0) is 9.53 Å². The number of benzene rings is 1. The van der Waals surface area contributed by atoms with Crippen LogP contribution in [0.4, 0.5) is 5.82 Å². The van der Waals surface area contributed by atoms with E-state index in [-0.39, 0.29) is 17.5 Å². The molecule has 0 aliphatic heterocycles. The van der Waals surface area contributed by atoms with Crippen LogP contribution in [-0.4, -0.2) is 39.4 Å². The van der Waals surface area contributed by atoms with Gasteiger partial charge in [-0.3, -0.25) is 14.2 Å². The van der Waals surface area contributed by atoms with E-state index in [1.54, 1.807) is 48.9 Å². The highest BCUT2D eigenvalue weighted by molar-refractivity contribution is 8.00. The van der Waals surface area contributed by atoms with Crippen molar-refractivity contribution >= 4 is 46.0 Å². The summed E-state index contributed by atoms with van der Waals surface area (Å²) in [5.41, 5.74) is 0.433. The summed E-state index contributed by atoms with van der Waals surface area (Å²) in [6.45, 7) is 3.99. The molecule has 29 heavy (non-hydrogen) atoms. The number of carbonyl (C=O) groups excluding carboxylic acids is 1. The van der Waals surface area contributed by atoms with E-state index >= 15 is 0 Å². The Morgan fingerprint density at radius 1 is 1.28 bits per heavy atom. The van der Waals surface area contributed by atoms with E-state index in [2.05, 4.69) is 15.3 Å². The molecule has 1 amide bonds. The Morgan fingerprint density at radius 3 is 2.72 bits per heavy atom. The maximum atomic E-state index is 13.1. The summed E-state index contributed by atoms with van der Waals surface area (Å²) in [6.07, 6.45) is 1.46. The number of rotatable bonds is 7. The first kappa shape index (κ1) is 21.3. The Labute approximate surface area is 177 Å². The number of hydrogen-bond donors (Lipinski definition) is 1. The number of para-hydroxylation sites is 1. The van der Waals surface area contributed by atoms with Crippen LogP contribution in [0.3, 0.4) is 0 Å². The van der Waals surface area contributed by atoms with Crippen molar-refractivity contribution in [3.05, 3.63) is 58.0 Å². The van der Waals surface area contributed by atoms with Crippen LogP contribution < -0.4 is 10.9 Å². The fourth-order valence-electron chi connectivity index (χ4n) is 2.80. The quantitative estimate of drug-likeness (QED) is 0.451. The van der Waals surface area contributed by atoms with Crippen molar-refractivity contribution in [3.8, 4) is 0 Å². The zero-order valence-corrected chi connectivity index (χ0v) is 17.8. The Kier molecular flexibility index (Phi) is 6.89. The van der Waals surface area contributed by atoms with E-state index in [0.29, 0.717) is 33.5 Å². The second kappa shape index (κ2) is 9.39. The Morgan fingerprint density at radius 2 is 2.03 bits per heavy atom. The number of anilines is 1. The number of fused-ring (bicyclic) bond motifs is 1. The Hall–Kier alpha value is -2.42. The maximum Gasteiger partial charge on any atom is 0.262 e. The fraction of sp³-hybridized carbons (Fsp3) is 0.300. The monoisotopic (exact) mass is 432 g/mol. The molecule has 3 rings (SSSR count). The molecule has 2 atom stereocenters. The van der Waals surface area contributed by atoms with Crippen LogP contribution >= 0.6 is 23.4 Å². The third-order valence-electron chi connectivity index (χ3n) is 4.25. The SMILES string of the molecule is COC[C@H](C)n1c(S[C@@H](C)C(=O)Nc2ccc(Cl)cn2)nc2ccccc2c1=O. The summed E-state index contributed by atoms with van der Waals surface area (Å²) in [5, 5.41) is 3.71. The molecule has 0 bridgehead atoms. The molecule has 3 aromatic rings. The molecule has 152 valence electrons. The summed E-state index contributed by atoms with van der Waals surface area (Å²) >= 11 is 7.04. The summed E-state index contributed by atoms with van der Waals surface area (Å²) in [7, 11) is 1.58. The average molecular weight is 433 g/mol. The summed E-state index contributed by atoms with van der Waals surface area (Å²) in [6, 6.07) is 10.2. The van der Waals surface area contributed by atoms with Crippen LogP contribution in [0.5, 0.6) is 0 Å². The predicted octanol–water partition coefficient (Wildman–Crippen LogP) is 3.77. The normalized spacial score (nSPS) is 13.2. The van der Waals surface area contributed by atoms with E-state index < -0.39 is 5.25 Å². The van der Waals surface area contributed by atoms with Gasteiger partial charge in [-0.05, 0) is 38.1 Å². The second-order valence-electron chi connectivity index (χ2n) is 6.50. The number of hydrogen-bond acceptors (Lipinski definition) is 6. The average Bonchev–Trinajstić information content (AvgIpc) is 2.70. The highest BCUT2D eigenvalue weighted by Crippen LogP contribution is 2.26. The molecule has 0 unspecified atom stereocenters. The van der Waals surface area contributed by atoms with E-state index in [1.807, 2.05) is 13.0 Å². The van der Waals surface area contributed by atoms with Gasteiger partial charge in [-0.15, -0.1) is 0 Å². The third kappa shape index (κ3) is 4.95. The number of halogens is 1. The molecule has 0 aliphatic carbocycles. The zero-order chi connectivity index (χ0) is 21.0. The van der Waals surface area contributed by atoms with E-state index in [4.69, 9.17) is 16.3 Å². The molecule has 0 saturated carbocycles. The standard InChI is InChI=1S/C20H21ClN4O3S/c1-12(11-28-3)25-19(27)15-6-4-5-7-16(15)23-20(25)29-13(2)18(26)24-17-9-8-14(21)10-22-17/h4-10,12-13H,11H2,1-3H3,(H,22,24,26)/t12-,13-/m0/s1. The third-order valence-corrected chi connectivity index (χ3v) is 5.54. The van der Waals surface area contributed by atoms with Crippen molar-refractivity contribution < 1.29 is 9.53 Å². The minimum absolute atomic E-state index is 0.158. The van der Waals surface area contributed by atoms with Crippen LogP contribution in [0, 0.1) is 0 Å². The number of aromatic nitrogens is 3. The van der Waals surface area contributed by atoms with Gasteiger partial charge in [-0.1, -0.05) is 35.5 Å². The van der Waals surface area contributed by atoms with E-state index in [0.717, 1.165) is 0 Å². The number of methoxy groups -OCH3 is 1. The summed E-state index contributed by atoms with van der Waals surface area (Å²) < 4.78 is 6.81. The van der Waals surface area contributed by atoms with Crippen molar-refractivity contribution in [1.82, 2.24) is 14.5 Å². The maximum absolute atomic E-state index is 13.1. The molecule has 2 heterocycles. The molecule has 7 nitrogen and oxygen atoms in total. The van der Waals surface area contributed by atoms with Crippen molar-refractivity contribution in [1.29, 1.82) is 0 Å². The second-order valence-corrected chi connectivity index (χ2v) is 8.25. The lowest BCUT2D eigenvalue weighted by Gasteiger charge is -2.20. The number of thioether (sulfide) groups is 1. The minimum Gasteiger partial charge on any atom is -0.383 e. The van der Waals surface area contributed by atoms with Gasteiger partial charge < -0.3 is 10.1 Å². The lowest BCUT2D eigenvalue weighted by molar-refractivity contribution is -0.115. The van der Waals surface area contributed by atoms with Gasteiger partial charge in [0.05, 0.1) is 33.8 Å². The molecule has 0 fully saturated rings. The predicted molar refractivity (Wildman–Crippen MR) is 116 cm³/mol. The summed E-state index contributed by atoms with van der Waals surface area (Å²) in [5.74, 6) is 0.154. The van der Waals surface area contributed by atoms with Crippen LogP contribution in [0.25, 0.3) is 10.9 Å². The van der Waals surface area contributed by atoms with Gasteiger partial charge in [0.2, 0.25) is 5.91 Å². The lowest BCUT2D eigenvalue weighted by atomic mass is 10.2. The molecule has 0 aliphatic rings. The molecule has 2 aromatic heterocycles. The molecule has 0 spiro atoms. The van der Waals surface area contributed by atoms with Crippen LogP contribution in [0.15, 0.2) is 52.5 Å². The molecular formula is C20H21ClN4O3S. The van der Waals surface area contributed by atoms with Crippen molar-refractivity contribution in [3.63, 3.8) is 0 Å².